The Morgan fingerprint density at radius 2 is 2.03 bits per heavy atom. The average molecular weight is 456 g/mol. The summed E-state index contributed by atoms with van der Waals surface area (Å²) in [5.41, 5.74) is 2.92. The lowest BCUT2D eigenvalue weighted by Crippen LogP contribution is -2.56. The van der Waals surface area contributed by atoms with E-state index in [1.807, 2.05) is 6.92 Å². The summed E-state index contributed by atoms with van der Waals surface area (Å²) in [5.74, 6) is 0.0936. The van der Waals surface area contributed by atoms with Crippen molar-refractivity contribution >= 4 is 33.6 Å². The van der Waals surface area contributed by atoms with Gasteiger partial charge in [0.2, 0.25) is 10.0 Å². The molecule has 166 valence electrons. The van der Waals surface area contributed by atoms with Gasteiger partial charge in [0.25, 0.3) is 11.8 Å². The van der Waals surface area contributed by atoms with E-state index >= 15 is 0 Å². The highest BCUT2D eigenvalue weighted by Crippen LogP contribution is 2.51. The third kappa shape index (κ3) is 4.45. The molecule has 3 rings (SSSR count). The summed E-state index contributed by atoms with van der Waals surface area (Å²) < 4.78 is 28.4. The molecule has 1 heterocycles. The van der Waals surface area contributed by atoms with Crippen LogP contribution in [0.2, 0.25) is 0 Å². The predicted molar refractivity (Wildman–Crippen MR) is 115 cm³/mol. The highest BCUT2D eigenvalue weighted by Gasteiger charge is 2.52. The van der Waals surface area contributed by atoms with E-state index < -0.39 is 20.8 Å². The number of benzene rings is 1. The Bertz CT molecular complexity index is 926. The number of nitrogens with one attached hydrogen (secondary N) is 1. The van der Waals surface area contributed by atoms with Crippen LogP contribution in [0.5, 0.6) is 5.75 Å². The molecule has 2 aliphatic rings. The Balaban J connectivity index is 1.83. The quantitative estimate of drug-likeness (QED) is 0.681. The number of ether oxygens (including phenoxy) is 1. The molecule has 8 nitrogen and oxygen atoms in total. The Morgan fingerprint density at radius 3 is 2.60 bits per heavy atom. The van der Waals surface area contributed by atoms with Crippen molar-refractivity contribution in [3.63, 3.8) is 0 Å². The topological polar surface area (TPSA) is 119 Å². The number of nitrogens with two attached hydrogens (primary N) is 1. The molecular weight excluding hydrogens is 426 g/mol. The number of hydrogen-bond acceptors (Lipinski definition) is 6. The van der Waals surface area contributed by atoms with Crippen LogP contribution in [0, 0.1) is 5.92 Å². The number of carbonyl (C=O) groups is 2. The Hall–Kier alpha value is -1.78. The molecule has 2 amide bonds. The van der Waals surface area contributed by atoms with Gasteiger partial charge in [-0.25, -0.2) is 18.6 Å². The summed E-state index contributed by atoms with van der Waals surface area (Å²) in [5, 5.41) is 6.42. The lowest BCUT2D eigenvalue weighted by Gasteiger charge is -2.42. The van der Waals surface area contributed by atoms with E-state index in [1.165, 1.54) is 36.7 Å². The first kappa shape index (κ1) is 22.9. The molecule has 10 heteroatoms. The van der Waals surface area contributed by atoms with Crippen LogP contribution in [0.25, 0.3) is 0 Å². The van der Waals surface area contributed by atoms with E-state index in [4.69, 9.17) is 9.88 Å². The van der Waals surface area contributed by atoms with Gasteiger partial charge in [-0.15, -0.1) is 11.8 Å². The number of carbonyl (C=O) groups excluding carboxylic acids is 2. The van der Waals surface area contributed by atoms with Gasteiger partial charge in [0.1, 0.15) is 10.6 Å². The molecule has 0 radical (unpaired) electrons. The van der Waals surface area contributed by atoms with Crippen molar-refractivity contribution in [2.45, 2.75) is 67.4 Å². The summed E-state index contributed by atoms with van der Waals surface area (Å²) in [6.07, 6.45) is 6.05. The maximum absolute atomic E-state index is 13.0. The van der Waals surface area contributed by atoms with Crippen LogP contribution in [0.3, 0.4) is 0 Å². The van der Waals surface area contributed by atoms with Crippen molar-refractivity contribution in [3.8, 4) is 5.75 Å². The molecule has 1 aromatic carbocycles. The first-order valence-electron chi connectivity index (χ1n) is 10.1. The van der Waals surface area contributed by atoms with Gasteiger partial charge in [-0.2, -0.15) is 0 Å². The first-order chi connectivity index (χ1) is 14.1. The van der Waals surface area contributed by atoms with E-state index in [0.29, 0.717) is 5.92 Å². The maximum Gasteiger partial charge on any atom is 0.273 e. The van der Waals surface area contributed by atoms with Crippen molar-refractivity contribution in [2.75, 3.05) is 7.11 Å². The first-order valence-corrected chi connectivity index (χ1v) is 12.6. The van der Waals surface area contributed by atoms with Crippen LogP contribution in [0.1, 0.15) is 62.7 Å². The number of hydrazine groups is 1. The molecule has 1 aromatic rings. The van der Waals surface area contributed by atoms with E-state index in [1.54, 1.807) is 11.8 Å². The molecule has 1 aliphatic heterocycles. The standard InChI is InChI=1S/C20H29N3O5S2/c1-4-5-14-8-10-20(11-9-14)23(19(25)13(2)29-20)22-18(24)16-7-6-15(30(21,26)27)12-17(16)28-3/h6-7,12-14H,4-5,8-11H2,1-3H3,(H,22,24)(H2,21,26,27). The van der Waals surface area contributed by atoms with Gasteiger partial charge in [0.05, 0.1) is 22.8 Å². The Kier molecular flexibility index (Phi) is 6.69. The predicted octanol–water partition coefficient (Wildman–Crippen LogP) is 2.64. The highest BCUT2D eigenvalue weighted by atomic mass is 32.2. The Morgan fingerprint density at radius 1 is 1.37 bits per heavy atom. The van der Waals surface area contributed by atoms with Crippen LogP contribution in [-0.4, -0.2) is 42.5 Å². The van der Waals surface area contributed by atoms with Crippen LogP contribution < -0.4 is 15.3 Å². The zero-order valence-corrected chi connectivity index (χ0v) is 19.1. The SMILES string of the molecule is CCCC1CCC2(CC1)SC(C)C(=O)N2NC(=O)c1ccc(S(N)(=O)=O)cc1OC. The van der Waals surface area contributed by atoms with E-state index in [9.17, 15) is 18.0 Å². The fourth-order valence-electron chi connectivity index (χ4n) is 4.34. The van der Waals surface area contributed by atoms with Crippen molar-refractivity contribution < 1.29 is 22.7 Å². The third-order valence-corrected chi connectivity index (χ3v) is 8.41. The van der Waals surface area contributed by atoms with Gasteiger partial charge in [0, 0.05) is 6.07 Å². The third-order valence-electron chi connectivity index (χ3n) is 5.91. The summed E-state index contributed by atoms with van der Waals surface area (Å²) in [6, 6.07) is 3.80. The smallest absolute Gasteiger partial charge is 0.273 e. The number of sulfonamides is 1. The Labute approximate surface area is 181 Å². The molecule has 0 bridgehead atoms. The number of rotatable bonds is 6. The molecular formula is C20H29N3O5S2. The van der Waals surface area contributed by atoms with Gasteiger partial charge in [-0.1, -0.05) is 19.8 Å². The van der Waals surface area contributed by atoms with Crippen LogP contribution in [-0.2, 0) is 14.8 Å². The summed E-state index contributed by atoms with van der Waals surface area (Å²) in [7, 11) is -2.59. The number of thioether (sulfide) groups is 1. The fraction of sp³-hybridized carbons (Fsp3) is 0.600. The van der Waals surface area contributed by atoms with Crippen molar-refractivity contribution in [3.05, 3.63) is 23.8 Å². The molecule has 30 heavy (non-hydrogen) atoms. The molecule has 0 aromatic heterocycles. The zero-order valence-electron chi connectivity index (χ0n) is 17.5. The number of amides is 2. The minimum Gasteiger partial charge on any atom is -0.496 e. The monoisotopic (exact) mass is 455 g/mol. The second-order valence-electron chi connectivity index (χ2n) is 7.96. The van der Waals surface area contributed by atoms with Crippen molar-refractivity contribution in [2.24, 2.45) is 11.1 Å². The fourth-order valence-corrected chi connectivity index (χ4v) is 6.44. The molecule has 1 unspecified atom stereocenters. The molecule has 1 saturated heterocycles. The number of methoxy groups -OCH3 is 1. The summed E-state index contributed by atoms with van der Waals surface area (Å²) in [6.45, 7) is 4.04. The lowest BCUT2D eigenvalue weighted by atomic mass is 9.83. The maximum atomic E-state index is 13.0. The number of primary sulfonamides is 1. The molecule has 1 atom stereocenters. The molecule has 1 spiro atoms. The van der Waals surface area contributed by atoms with E-state index in [-0.39, 0.29) is 27.4 Å². The molecule has 3 N–H and O–H groups in total. The number of nitrogens with zero attached hydrogens (tertiary/aromatic N) is 1. The van der Waals surface area contributed by atoms with Crippen molar-refractivity contribution in [1.29, 1.82) is 0 Å². The van der Waals surface area contributed by atoms with E-state index in [2.05, 4.69) is 12.3 Å². The molecule has 1 aliphatic carbocycles. The van der Waals surface area contributed by atoms with Crippen LogP contribution >= 0.6 is 11.8 Å². The largest absolute Gasteiger partial charge is 0.496 e. The van der Waals surface area contributed by atoms with Gasteiger partial charge in [-0.3, -0.25) is 15.0 Å². The zero-order chi connectivity index (χ0) is 22.1. The summed E-state index contributed by atoms with van der Waals surface area (Å²) in [4.78, 5) is 25.3. The van der Waals surface area contributed by atoms with Gasteiger partial charge in [0.15, 0.2) is 0 Å². The van der Waals surface area contributed by atoms with Gasteiger partial charge >= 0.3 is 0 Å². The van der Waals surface area contributed by atoms with Gasteiger partial charge in [-0.05, 0) is 50.7 Å². The lowest BCUT2D eigenvalue weighted by molar-refractivity contribution is -0.135. The molecule has 1 saturated carbocycles. The van der Waals surface area contributed by atoms with Gasteiger partial charge < -0.3 is 4.74 Å². The van der Waals surface area contributed by atoms with Crippen LogP contribution in [0.15, 0.2) is 23.1 Å². The summed E-state index contributed by atoms with van der Waals surface area (Å²) >= 11 is 1.61. The minimum absolute atomic E-state index is 0.0760. The highest BCUT2D eigenvalue weighted by molar-refractivity contribution is 8.02. The van der Waals surface area contributed by atoms with E-state index in [0.717, 1.165) is 32.1 Å². The average Bonchev–Trinajstić information content (AvgIpc) is 2.93. The number of hydrogen-bond donors (Lipinski definition) is 2. The van der Waals surface area contributed by atoms with Crippen LogP contribution in [0.4, 0.5) is 0 Å². The molecule has 2 fully saturated rings. The second kappa shape index (κ2) is 8.76. The van der Waals surface area contributed by atoms with Crippen molar-refractivity contribution in [1.82, 2.24) is 10.4 Å². The minimum atomic E-state index is -3.93. The normalized spacial score (nSPS) is 26.8. The second-order valence-corrected chi connectivity index (χ2v) is 11.2.